The Bertz CT molecular complexity index is 1120. The molecule has 4 aromatic rings. The molecule has 4 heteroatoms. The topological polar surface area (TPSA) is 51.0 Å². The highest BCUT2D eigenvalue weighted by atomic mass is 16.5. The zero-order valence-electron chi connectivity index (χ0n) is 20.9. The van der Waals surface area contributed by atoms with Gasteiger partial charge in [-0.15, -0.1) is 0 Å². The molecule has 4 nitrogen and oxygen atoms in total. The lowest BCUT2D eigenvalue weighted by molar-refractivity contribution is 0.421. The smallest absolute Gasteiger partial charge is 0.257 e. The standard InChI is InChI=1S/C31H37N3O/c1-2-3-4-5-6-10-13-30-33-31(35-34-30)29-20-16-26(17-21-29)24-32-23-22-25-14-18-28(19-15-25)27-11-8-7-9-12-27/h7-9,11-12,14-21,32H,2-6,10,13,22-24H2,1H3. The van der Waals surface area contributed by atoms with Gasteiger partial charge < -0.3 is 9.84 Å². The number of nitrogens with zero attached hydrogens (tertiary/aromatic N) is 2. The third-order valence-electron chi connectivity index (χ3n) is 6.40. The van der Waals surface area contributed by atoms with Gasteiger partial charge in [0.25, 0.3) is 5.89 Å². The first-order chi connectivity index (χ1) is 17.3. The minimum Gasteiger partial charge on any atom is -0.334 e. The Morgan fingerprint density at radius 3 is 2.09 bits per heavy atom. The number of aryl methyl sites for hydroxylation is 1. The van der Waals surface area contributed by atoms with E-state index in [9.17, 15) is 0 Å². The molecule has 0 amide bonds. The average molecular weight is 468 g/mol. The van der Waals surface area contributed by atoms with Crippen LogP contribution in [-0.2, 0) is 19.4 Å². The van der Waals surface area contributed by atoms with Crippen LogP contribution in [0.3, 0.4) is 0 Å². The second kappa shape index (κ2) is 13.6. The Balaban J connectivity index is 1.17. The molecule has 4 rings (SSSR count). The van der Waals surface area contributed by atoms with Gasteiger partial charge in [-0.2, -0.15) is 4.98 Å². The van der Waals surface area contributed by atoms with Crippen LogP contribution in [0.4, 0.5) is 0 Å². The predicted octanol–water partition coefficient (Wildman–Crippen LogP) is 7.64. The molecule has 0 bridgehead atoms. The van der Waals surface area contributed by atoms with Crippen LogP contribution in [0.5, 0.6) is 0 Å². The minimum atomic E-state index is 0.615. The lowest BCUT2D eigenvalue weighted by Crippen LogP contribution is -2.16. The van der Waals surface area contributed by atoms with E-state index in [2.05, 4.69) is 101 Å². The number of hydrogen-bond donors (Lipinski definition) is 1. The van der Waals surface area contributed by atoms with Crippen LogP contribution < -0.4 is 5.32 Å². The third kappa shape index (κ3) is 7.90. The summed E-state index contributed by atoms with van der Waals surface area (Å²) in [4.78, 5) is 4.59. The second-order valence-electron chi connectivity index (χ2n) is 9.22. The van der Waals surface area contributed by atoms with Crippen molar-refractivity contribution in [2.75, 3.05) is 6.54 Å². The number of unbranched alkanes of at least 4 members (excludes halogenated alkanes) is 5. The summed E-state index contributed by atoms with van der Waals surface area (Å²) in [5, 5.41) is 7.71. The second-order valence-corrected chi connectivity index (χ2v) is 9.22. The maximum Gasteiger partial charge on any atom is 0.257 e. The predicted molar refractivity (Wildman–Crippen MR) is 144 cm³/mol. The number of nitrogens with one attached hydrogen (secondary N) is 1. The first kappa shape index (κ1) is 24.9. The molecule has 1 aromatic heterocycles. The molecule has 182 valence electrons. The molecule has 0 saturated heterocycles. The van der Waals surface area contributed by atoms with Gasteiger partial charge in [-0.05, 0) is 53.8 Å². The molecule has 1 heterocycles. The molecule has 0 atom stereocenters. The Morgan fingerprint density at radius 2 is 1.31 bits per heavy atom. The fraction of sp³-hybridized carbons (Fsp3) is 0.355. The van der Waals surface area contributed by atoms with Crippen molar-refractivity contribution in [3.63, 3.8) is 0 Å². The van der Waals surface area contributed by atoms with Gasteiger partial charge in [-0.1, -0.05) is 111 Å². The van der Waals surface area contributed by atoms with Crippen molar-refractivity contribution < 1.29 is 4.52 Å². The highest BCUT2D eigenvalue weighted by molar-refractivity contribution is 5.63. The van der Waals surface area contributed by atoms with Gasteiger partial charge in [0.2, 0.25) is 0 Å². The van der Waals surface area contributed by atoms with Crippen molar-refractivity contribution in [1.29, 1.82) is 0 Å². The molecule has 0 unspecified atom stereocenters. The normalized spacial score (nSPS) is 11.1. The summed E-state index contributed by atoms with van der Waals surface area (Å²) in [6.45, 7) is 4.03. The van der Waals surface area contributed by atoms with Crippen molar-refractivity contribution in [2.45, 2.75) is 64.8 Å². The average Bonchev–Trinajstić information content (AvgIpc) is 3.39. The Morgan fingerprint density at radius 1 is 0.657 bits per heavy atom. The number of benzene rings is 3. The number of aromatic nitrogens is 2. The van der Waals surface area contributed by atoms with Gasteiger partial charge in [0.1, 0.15) is 0 Å². The summed E-state index contributed by atoms with van der Waals surface area (Å²) in [5.41, 5.74) is 6.10. The zero-order valence-corrected chi connectivity index (χ0v) is 20.9. The van der Waals surface area contributed by atoms with Crippen molar-refractivity contribution in [3.05, 3.63) is 95.8 Å². The lowest BCUT2D eigenvalue weighted by atomic mass is 10.0. The van der Waals surface area contributed by atoms with Gasteiger partial charge in [0, 0.05) is 18.5 Å². The SMILES string of the molecule is CCCCCCCCc1noc(-c2ccc(CNCCc3ccc(-c4ccccc4)cc3)cc2)n1. The number of hydrogen-bond acceptors (Lipinski definition) is 4. The quantitative estimate of drug-likeness (QED) is 0.194. The van der Waals surface area contributed by atoms with Gasteiger partial charge in [-0.3, -0.25) is 0 Å². The van der Waals surface area contributed by atoms with Crippen LogP contribution >= 0.6 is 0 Å². The molecule has 0 aliphatic carbocycles. The van der Waals surface area contributed by atoms with Crippen LogP contribution in [-0.4, -0.2) is 16.7 Å². The van der Waals surface area contributed by atoms with Crippen LogP contribution in [0.1, 0.15) is 62.4 Å². The maximum atomic E-state index is 5.49. The Labute approximate surface area is 209 Å². The van der Waals surface area contributed by atoms with E-state index in [0.717, 1.165) is 43.7 Å². The monoisotopic (exact) mass is 467 g/mol. The van der Waals surface area contributed by atoms with Crippen molar-refractivity contribution >= 4 is 0 Å². The molecule has 0 saturated carbocycles. The van der Waals surface area contributed by atoms with E-state index in [4.69, 9.17) is 4.52 Å². The highest BCUT2D eigenvalue weighted by Crippen LogP contribution is 2.20. The summed E-state index contributed by atoms with van der Waals surface area (Å²) in [5.74, 6) is 1.43. The van der Waals surface area contributed by atoms with Crippen LogP contribution in [0, 0.1) is 0 Å². The van der Waals surface area contributed by atoms with Crippen molar-refractivity contribution in [3.8, 4) is 22.6 Å². The summed E-state index contributed by atoms with van der Waals surface area (Å²) < 4.78 is 5.49. The molecule has 0 aliphatic rings. The van der Waals surface area contributed by atoms with Gasteiger partial charge in [0.15, 0.2) is 5.82 Å². The molecule has 0 spiro atoms. The van der Waals surface area contributed by atoms with Gasteiger partial charge in [-0.25, -0.2) is 0 Å². The van der Waals surface area contributed by atoms with E-state index in [0.29, 0.717) is 5.89 Å². The van der Waals surface area contributed by atoms with E-state index < -0.39 is 0 Å². The summed E-state index contributed by atoms with van der Waals surface area (Å²) in [7, 11) is 0. The molecular weight excluding hydrogens is 430 g/mol. The molecule has 3 aromatic carbocycles. The van der Waals surface area contributed by atoms with Crippen molar-refractivity contribution in [1.82, 2.24) is 15.5 Å². The Hall–Kier alpha value is -3.24. The number of rotatable bonds is 14. The van der Waals surface area contributed by atoms with Crippen LogP contribution in [0.2, 0.25) is 0 Å². The summed E-state index contributed by atoms with van der Waals surface area (Å²) in [6, 6.07) is 27.8. The zero-order chi connectivity index (χ0) is 24.1. The lowest BCUT2D eigenvalue weighted by Gasteiger charge is -2.07. The van der Waals surface area contributed by atoms with Gasteiger partial charge in [0.05, 0.1) is 0 Å². The summed E-state index contributed by atoms with van der Waals surface area (Å²) in [6.07, 6.45) is 9.53. The first-order valence-corrected chi connectivity index (χ1v) is 13.1. The van der Waals surface area contributed by atoms with Gasteiger partial charge >= 0.3 is 0 Å². The van der Waals surface area contributed by atoms with E-state index in [1.807, 2.05) is 0 Å². The molecule has 35 heavy (non-hydrogen) atoms. The van der Waals surface area contributed by atoms with Crippen molar-refractivity contribution in [2.24, 2.45) is 0 Å². The highest BCUT2D eigenvalue weighted by Gasteiger charge is 2.09. The third-order valence-corrected chi connectivity index (χ3v) is 6.40. The molecule has 1 N–H and O–H groups in total. The maximum absolute atomic E-state index is 5.49. The largest absolute Gasteiger partial charge is 0.334 e. The van der Waals surface area contributed by atoms with E-state index in [-0.39, 0.29) is 0 Å². The van der Waals surface area contributed by atoms with Crippen LogP contribution in [0.25, 0.3) is 22.6 Å². The fourth-order valence-corrected chi connectivity index (χ4v) is 4.26. The molecular formula is C31H37N3O. The van der Waals surface area contributed by atoms with Crippen LogP contribution in [0.15, 0.2) is 83.4 Å². The molecule has 0 fully saturated rings. The molecule has 0 aliphatic heterocycles. The Kier molecular flexibility index (Phi) is 9.66. The first-order valence-electron chi connectivity index (χ1n) is 13.1. The minimum absolute atomic E-state index is 0.615. The summed E-state index contributed by atoms with van der Waals surface area (Å²) >= 11 is 0. The van der Waals surface area contributed by atoms with E-state index in [1.54, 1.807) is 0 Å². The fourth-order valence-electron chi connectivity index (χ4n) is 4.26. The van der Waals surface area contributed by atoms with E-state index >= 15 is 0 Å². The molecule has 0 radical (unpaired) electrons. The van der Waals surface area contributed by atoms with E-state index in [1.165, 1.54) is 54.4 Å².